The number of anilines is 1. The Bertz CT molecular complexity index is 701. The molecular formula is C19H21FN2O. The molecule has 120 valence electrons. The Labute approximate surface area is 136 Å². The molecule has 23 heavy (non-hydrogen) atoms. The van der Waals surface area contributed by atoms with Crippen LogP contribution in [0.5, 0.6) is 0 Å². The number of likely N-dealkylation sites (tertiary alicyclic amines) is 1. The second-order valence-corrected chi connectivity index (χ2v) is 5.81. The first kappa shape index (κ1) is 15.5. The van der Waals surface area contributed by atoms with E-state index in [-0.39, 0.29) is 17.9 Å². The fourth-order valence-electron chi connectivity index (χ4n) is 3.22. The number of hydrogen-bond donors (Lipinski definition) is 1. The summed E-state index contributed by atoms with van der Waals surface area (Å²) in [7, 11) is 0. The summed E-state index contributed by atoms with van der Waals surface area (Å²) in [6.07, 6.45) is 2.54. The van der Waals surface area contributed by atoms with Gasteiger partial charge in [-0.25, -0.2) is 9.18 Å². The lowest BCUT2D eigenvalue weighted by Crippen LogP contribution is -2.35. The Morgan fingerprint density at radius 3 is 2.74 bits per heavy atom. The van der Waals surface area contributed by atoms with Crippen LogP contribution in [-0.4, -0.2) is 17.5 Å². The number of aryl methyl sites for hydroxylation is 1. The maximum absolute atomic E-state index is 14.1. The molecule has 2 amide bonds. The molecule has 1 aliphatic heterocycles. The number of carbonyl (C=O) groups excluding carboxylic acids is 1. The van der Waals surface area contributed by atoms with Crippen LogP contribution in [0.25, 0.3) is 0 Å². The average Bonchev–Trinajstić information content (AvgIpc) is 3.05. The molecule has 2 aromatic carbocycles. The molecule has 0 radical (unpaired) electrons. The molecule has 3 rings (SSSR count). The van der Waals surface area contributed by atoms with Gasteiger partial charge in [-0.3, -0.25) is 0 Å². The van der Waals surface area contributed by atoms with E-state index in [2.05, 4.69) is 12.2 Å². The van der Waals surface area contributed by atoms with Gasteiger partial charge in [-0.05, 0) is 37.0 Å². The van der Waals surface area contributed by atoms with Crippen molar-refractivity contribution in [3.63, 3.8) is 0 Å². The lowest BCUT2D eigenvalue weighted by molar-refractivity contribution is 0.206. The molecule has 0 saturated carbocycles. The molecule has 1 atom stereocenters. The zero-order valence-electron chi connectivity index (χ0n) is 13.3. The van der Waals surface area contributed by atoms with Crippen LogP contribution in [-0.2, 0) is 6.42 Å². The zero-order chi connectivity index (χ0) is 16.2. The van der Waals surface area contributed by atoms with Crippen molar-refractivity contribution in [1.29, 1.82) is 0 Å². The minimum absolute atomic E-state index is 0.156. The van der Waals surface area contributed by atoms with Crippen molar-refractivity contribution in [2.24, 2.45) is 0 Å². The predicted octanol–water partition coefficient (Wildman–Crippen LogP) is 4.76. The summed E-state index contributed by atoms with van der Waals surface area (Å²) in [5.74, 6) is -0.244. The van der Waals surface area contributed by atoms with Gasteiger partial charge >= 0.3 is 6.03 Å². The second-order valence-electron chi connectivity index (χ2n) is 5.81. The van der Waals surface area contributed by atoms with Gasteiger partial charge in [0.15, 0.2) is 0 Å². The van der Waals surface area contributed by atoms with E-state index in [9.17, 15) is 9.18 Å². The van der Waals surface area contributed by atoms with E-state index in [1.807, 2.05) is 30.3 Å². The first-order chi connectivity index (χ1) is 11.2. The predicted molar refractivity (Wildman–Crippen MR) is 89.9 cm³/mol. The standard InChI is InChI=1S/C19H21FN2O/c1-2-14-8-3-6-11-17(14)21-19(23)22-13-7-12-18(22)15-9-4-5-10-16(15)20/h3-6,8-11,18H,2,7,12-13H2,1H3,(H,21,23)/t18-/m0/s1. The van der Waals surface area contributed by atoms with Gasteiger partial charge in [0.2, 0.25) is 0 Å². The topological polar surface area (TPSA) is 32.3 Å². The molecular weight excluding hydrogens is 291 g/mol. The number of para-hydroxylation sites is 1. The molecule has 0 aliphatic carbocycles. The van der Waals surface area contributed by atoms with E-state index in [4.69, 9.17) is 0 Å². The molecule has 0 aromatic heterocycles. The zero-order valence-corrected chi connectivity index (χ0v) is 13.3. The van der Waals surface area contributed by atoms with E-state index in [0.29, 0.717) is 12.1 Å². The Hall–Kier alpha value is -2.36. The molecule has 1 heterocycles. The summed E-state index contributed by atoms with van der Waals surface area (Å²) in [5.41, 5.74) is 2.53. The van der Waals surface area contributed by atoms with E-state index in [1.165, 1.54) is 6.07 Å². The highest BCUT2D eigenvalue weighted by atomic mass is 19.1. The third kappa shape index (κ3) is 3.21. The van der Waals surface area contributed by atoms with Crippen LogP contribution < -0.4 is 5.32 Å². The first-order valence-corrected chi connectivity index (χ1v) is 8.10. The number of urea groups is 1. The molecule has 4 heteroatoms. The SMILES string of the molecule is CCc1ccccc1NC(=O)N1CCC[C@H]1c1ccccc1F. The second kappa shape index (κ2) is 6.82. The number of hydrogen-bond acceptors (Lipinski definition) is 1. The normalized spacial score (nSPS) is 17.3. The summed E-state index contributed by atoms with van der Waals surface area (Å²) >= 11 is 0. The summed E-state index contributed by atoms with van der Waals surface area (Å²) < 4.78 is 14.1. The Kier molecular flexibility index (Phi) is 4.60. The van der Waals surface area contributed by atoms with Crippen molar-refractivity contribution in [1.82, 2.24) is 4.90 Å². The summed E-state index contributed by atoms with van der Waals surface area (Å²) in [6, 6.07) is 14.2. The number of carbonyl (C=O) groups is 1. The number of benzene rings is 2. The number of amides is 2. The number of rotatable bonds is 3. The number of nitrogens with one attached hydrogen (secondary N) is 1. The largest absolute Gasteiger partial charge is 0.322 e. The van der Waals surface area contributed by atoms with Crippen molar-refractivity contribution in [2.75, 3.05) is 11.9 Å². The van der Waals surface area contributed by atoms with E-state index < -0.39 is 0 Å². The van der Waals surface area contributed by atoms with Gasteiger partial charge in [-0.15, -0.1) is 0 Å². The van der Waals surface area contributed by atoms with Crippen LogP contribution in [0.2, 0.25) is 0 Å². The lowest BCUT2D eigenvalue weighted by atomic mass is 10.0. The van der Waals surface area contributed by atoms with Crippen molar-refractivity contribution >= 4 is 11.7 Å². The first-order valence-electron chi connectivity index (χ1n) is 8.10. The van der Waals surface area contributed by atoms with E-state index >= 15 is 0 Å². The van der Waals surface area contributed by atoms with Crippen molar-refractivity contribution in [3.8, 4) is 0 Å². The van der Waals surface area contributed by atoms with Gasteiger partial charge in [-0.2, -0.15) is 0 Å². The highest BCUT2D eigenvalue weighted by molar-refractivity contribution is 5.90. The fraction of sp³-hybridized carbons (Fsp3) is 0.316. The highest BCUT2D eigenvalue weighted by Crippen LogP contribution is 2.33. The summed E-state index contributed by atoms with van der Waals surface area (Å²) in [5, 5.41) is 2.99. The van der Waals surface area contributed by atoms with E-state index in [1.54, 1.807) is 17.0 Å². The van der Waals surface area contributed by atoms with Gasteiger partial charge in [0, 0.05) is 17.8 Å². The Morgan fingerprint density at radius 2 is 1.96 bits per heavy atom. The van der Waals surface area contributed by atoms with Crippen LogP contribution in [0.3, 0.4) is 0 Å². The minimum Gasteiger partial charge on any atom is -0.317 e. The third-order valence-electron chi connectivity index (χ3n) is 4.42. The quantitative estimate of drug-likeness (QED) is 0.871. The van der Waals surface area contributed by atoms with Gasteiger partial charge in [0.1, 0.15) is 5.82 Å². The number of nitrogens with zero attached hydrogens (tertiary/aromatic N) is 1. The molecule has 0 bridgehead atoms. The molecule has 0 unspecified atom stereocenters. The van der Waals surface area contributed by atoms with Crippen molar-refractivity contribution in [3.05, 3.63) is 65.5 Å². The number of halogens is 1. The van der Waals surface area contributed by atoms with Crippen LogP contribution >= 0.6 is 0 Å². The Balaban J connectivity index is 1.80. The fourth-order valence-corrected chi connectivity index (χ4v) is 3.22. The molecule has 1 aliphatic rings. The molecule has 1 fully saturated rings. The maximum Gasteiger partial charge on any atom is 0.322 e. The van der Waals surface area contributed by atoms with Crippen LogP contribution in [0.15, 0.2) is 48.5 Å². The summed E-state index contributed by atoms with van der Waals surface area (Å²) in [6.45, 7) is 2.71. The maximum atomic E-state index is 14.1. The smallest absolute Gasteiger partial charge is 0.317 e. The van der Waals surface area contributed by atoms with E-state index in [0.717, 1.165) is 30.5 Å². The van der Waals surface area contributed by atoms with Crippen LogP contribution in [0, 0.1) is 5.82 Å². The highest BCUT2D eigenvalue weighted by Gasteiger charge is 2.31. The third-order valence-corrected chi connectivity index (χ3v) is 4.42. The summed E-state index contributed by atoms with van der Waals surface area (Å²) in [4.78, 5) is 14.4. The molecule has 3 nitrogen and oxygen atoms in total. The average molecular weight is 312 g/mol. The minimum atomic E-state index is -0.244. The van der Waals surface area contributed by atoms with Crippen LogP contribution in [0.1, 0.15) is 36.9 Å². The van der Waals surface area contributed by atoms with Crippen LogP contribution in [0.4, 0.5) is 14.9 Å². The molecule has 0 spiro atoms. The molecule has 1 N–H and O–H groups in total. The van der Waals surface area contributed by atoms with Gasteiger partial charge in [-0.1, -0.05) is 43.3 Å². The molecule has 2 aromatic rings. The lowest BCUT2D eigenvalue weighted by Gasteiger charge is -2.26. The monoisotopic (exact) mass is 312 g/mol. The van der Waals surface area contributed by atoms with Gasteiger partial charge in [0.25, 0.3) is 0 Å². The van der Waals surface area contributed by atoms with Gasteiger partial charge < -0.3 is 10.2 Å². The Morgan fingerprint density at radius 1 is 1.22 bits per heavy atom. The molecule has 1 saturated heterocycles. The van der Waals surface area contributed by atoms with Gasteiger partial charge in [0.05, 0.1) is 6.04 Å². The van der Waals surface area contributed by atoms with Crippen molar-refractivity contribution in [2.45, 2.75) is 32.2 Å². The van der Waals surface area contributed by atoms with Crippen molar-refractivity contribution < 1.29 is 9.18 Å².